The molecule has 1 aliphatic rings. The number of nitrogens with one attached hydrogen (secondary N) is 1. The van der Waals surface area contributed by atoms with Crippen LogP contribution in [0.4, 0.5) is 26.6 Å². The molecule has 1 aliphatic heterocycles. The summed E-state index contributed by atoms with van der Waals surface area (Å²) in [5.41, 5.74) is 3.83. The van der Waals surface area contributed by atoms with E-state index in [1.54, 1.807) is 50.6 Å². The molecule has 260 valence electrons. The molecule has 1 N–H and O–H groups in total. The maximum atomic E-state index is 15.1. The number of amides is 1. The lowest BCUT2D eigenvalue weighted by Crippen LogP contribution is -2.44. The first-order valence-corrected chi connectivity index (χ1v) is 16.3. The Morgan fingerprint density at radius 3 is 2.37 bits per heavy atom. The Morgan fingerprint density at radius 2 is 1.67 bits per heavy atom. The molecule has 1 fully saturated rings. The number of benzene rings is 3. The number of nitrogens with zero attached hydrogens (tertiary/aromatic N) is 5. The smallest absolute Gasteiger partial charge is 0.421 e. The molecule has 2 heterocycles. The lowest BCUT2D eigenvalue weighted by Gasteiger charge is -2.32. The summed E-state index contributed by atoms with van der Waals surface area (Å²) in [7, 11) is 5.26. The van der Waals surface area contributed by atoms with E-state index in [1.165, 1.54) is 17.2 Å². The average molecular weight is 673 g/mol. The Balaban J connectivity index is 1.32. The Morgan fingerprint density at radius 1 is 0.939 bits per heavy atom. The van der Waals surface area contributed by atoms with Crippen LogP contribution in [0.3, 0.4) is 0 Å². The molecule has 12 heteroatoms. The Labute approximate surface area is 287 Å². The van der Waals surface area contributed by atoms with Gasteiger partial charge in [0.25, 0.3) is 0 Å². The lowest BCUT2D eigenvalue weighted by atomic mass is 10.1. The molecule has 0 aliphatic carbocycles. The topological polar surface area (TPSA) is 102 Å². The van der Waals surface area contributed by atoms with Gasteiger partial charge in [0.1, 0.15) is 23.1 Å². The van der Waals surface area contributed by atoms with E-state index in [-0.39, 0.29) is 24.1 Å². The molecule has 0 atom stereocenters. The summed E-state index contributed by atoms with van der Waals surface area (Å²) in [6.07, 6.45) is 1.68. The van der Waals surface area contributed by atoms with Gasteiger partial charge in [-0.2, -0.15) is 4.98 Å². The van der Waals surface area contributed by atoms with E-state index in [4.69, 9.17) is 18.9 Å². The zero-order chi connectivity index (χ0) is 34.9. The van der Waals surface area contributed by atoms with Gasteiger partial charge < -0.3 is 34.1 Å². The quantitative estimate of drug-likeness (QED) is 0.158. The van der Waals surface area contributed by atoms with Crippen molar-refractivity contribution in [3.05, 3.63) is 88.9 Å². The molecule has 0 spiro atoms. The third-order valence-corrected chi connectivity index (χ3v) is 8.41. The SMILES string of the molecule is COc1ccc(OC)c(CN(C(=O)Oc2c(C)cc(C)cc2C)c2ccnc(Nc3ccc(OCCCN4CCN(C)CC4)c(F)c3)n2)c1. The number of hydrogen-bond donors (Lipinski definition) is 1. The van der Waals surface area contributed by atoms with Gasteiger partial charge in [-0.3, -0.25) is 4.90 Å². The van der Waals surface area contributed by atoms with Crippen LogP contribution in [-0.2, 0) is 6.54 Å². The van der Waals surface area contributed by atoms with E-state index in [1.807, 2.05) is 32.9 Å². The number of aromatic nitrogens is 2. The first-order chi connectivity index (χ1) is 23.6. The molecule has 1 saturated heterocycles. The monoisotopic (exact) mass is 672 g/mol. The van der Waals surface area contributed by atoms with Gasteiger partial charge in [-0.05, 0) is 81.8 Å². The van der Waals surface area contributed by atoms with Gasteiger partial charge >= 0.3 is 6.09 Å². The van der Waals surface area contributed by atoms with Gasteiger partial charge in [0, 0.05) is 56.2 Å². The van der Waals surface area contributed by atoms with Crippen LogP contribution in [0.2, 0.25) is 0 Å². The van der Waals surface area contributed by atoms with Crippen molar-refractivity contribution in [2.24, 2.45) is 0 Å². The molecule has 4 aromatic rings. The zero-order valence-corrected chi connectivity index (χ0v) is 29.1. The van der Waals surface area contributed by atoms with E-state index < -0.39 is 11.9 Å². The highest BCUT2D eigenvalue weighted by atomic mass is 19.1. The number of piperazine rings is 1. The average Bonchev–Trinajstić information content (AvgIpc) is 3.08. The number of anilines is 3. The molecule has 3 aromatic carbocycles. The van der Waals surface area contributed by atoms with Gasteiger partial charge in [-0.25, -0.2) is 14.2 Å². The fourth-order valence-electron chi connectivity index (χ4n) is 5.81. The van der Waals surface area contributed by atoms with Crippen LogP contribution in [0.15, 0.2) is 60.8 Å². The second-order valence-corrected chi connectivity index (χ2v) is 12.2. The van der Waals surface area contributed by atoms with E-state index in [0.29, 0.717) is 35.1 Å². The summed E-state index contributed by atoms with van der Waals surface area (Å²) in [5.74, 6) is 1.74. The maximum Gasteiger partial charge on any atom is 0.421 e. The van der Waals surface area contributed by atoms with Crippen molar-refractivity contribution in [3.63, 3.8) is 0 Å². The number of halogens is 1. The Hall–Kier alpha value is -4.94. The van der Waals surface area contributed by atoms with Crippen LogP contribution >= 0.6 is 0 Å². The van der Waals surface area contributed by atoms with Crippen LogP contribution in [0.5, 0.6) is 23.0 Å². The van der Waals surface area contributed by atoms with E-state index >= 15 is 4.39 Å². The van der Waals surface area contributed by atoms with Crippen molar-refractivity contribution in [2.45, 2.75) is 33.7 Å². The zero-order valence-electron chi connectivity index (χ0n) is 29.1. The minimum absolute atomic E-state index is 0.0507. The molecular weight excluding hydrogens is 627 g/mol. The standard InChI is InChI=1S/C37H45FN6O5/c1-25-20-26(2)35(27(3)21-25)49-37(45)44(24-28-22-30(46-5)9-11-32(28)47-6)34-12-13-39-36(41-34)40-29-8-10-33(31(38)23-29)48-19-7-14-43-17-15-42(4)16-18-43/h8-13,20-23H,7,14-19,24H2,1-6H3,(H,39,40,41). The molecule has 11 nitrogen and oxygen atoms in total. The molecule has 5 rings (SSSR count). The second-order valence-electron chi connectivity index (χ2n) is 12.2. The first-order valence-electron chi connectivity index (χ1n) is 16.3. The van der Waals surface area contributed by atoms with Crippen LogP contribution in [-0.4, -0.2) is 86.5 Å². The predicted molar refractivity (Wildman–Crippen MR) is 188 cm³/mol. The molecule has 0 bridgehead atoms. The molecular formula is C37H45FN6O5. The molecule has 0 unspecified atom stereocenters. The van der Waals surface area contributed by atoms with Gasteiger partial charge in [-0.1, -0.05) is 17.7 Å². The number of carbonyl (C=O) groups excluding carboxylic acids is 1. The van der Waals surface area contributed by atoms with Crippen molar-refractivity contribution in [2.75, 3.05) is 70.8 Å². The number of aryl methyl sites for hydroxylation is 3. The van der Waals surface area contributed by atoms with Crippen LogP contribution < -0.4 is 29.2 Å². The predicted octanol–water partition coefficient (Wildman–Crippen LogP) is 6.52. The van der Waals surface area contributed by atoms with Gasteiger partial charge in [-0.15, -0.1) is 0 Å². The van der Waals surface area contributed by atoms with Crippen molar-refractivity contribution in [3.8, 4) is 23.0 Å². The fraction of sp³-hybridized carbons (Fsp3) is 0.378. The summed E-state index contributed by atoms with van der Waals surface area (Å²) in [5, 5.41) is 3.05. The summed E-state index contributed by atoms with van der Waals surface area (Å²) in [4.78, 5) is 29.0. The highest BCUT2D eigenvalue weighted by molar-refractivity contribution is 5.88. The number of carbonyl (C=O) groups is 1. The fourth-order valence-corrected chi connectivity index (χ4v) is 5.81. The molecule has 0 radical (unpaired) electrons. The van der Waals surface area contributed by atoms with Gasteiger partial charge in [0.05, 0.1) is 27.4 Å². The van der Waals surface area contributed by atoms with Gasteiger partial charge in [0.2, 0.25) is 5.95 Å². The second kappa shape index (κ2) is 16.4. The van der Waals surface area contributed by atoms with E-state index in [2.05, 4.69) is 32.1 Å². The minimum Gasteiger partial charge on any atom is -0.497 e. The number of hydrogen-bond acceptors (Lipinski definition) is 10. The number of methoxy groups -OCH3 is 2. The minimum atomic E-state index is -0.648. The van der Waals surface area contributed by atoms with E-state index in [9.17, 15) is 4.79 Å². The lowest BCUT2D eigenvalue weighted by molar-refractivity contribution is 0.145. The van der Waals surface area contributed by atoms with Crippen molar-refractivity contribution < 1.29 is 28.1 Å². The van der Waals surface area contributed by atoms with Crippen LogP contribution in [0.1, 0.15) is 28.7 Å². The summed E-state index contributed by atoms with van der Waals surface area (Å²) in [6.45, 7) is 11.4. The Kier molecular flexibility index (Phi) is 11.9. The molecule has 1 aromatic heterocycles. The van der Waals surface area contributed by atoms with Crippen LogP contribution in [0, 0.1) is 26.6 Å². The number of rotatable bonds is 13. The normalized spacial score (nSPS) is 13.5. The third kappa shape index (κ3) is 9.36. The van der Waals surface area contributed by atoms with Crippen LogP contribution in [0.25, 0.3) is 0 Å². The molecule has 49 heavy (non-hydrogen) atoms. The Bertz CT molecular complexity index is 1720. The molecule has 1 amide bonds. The number of ether oxygens (including phenoxy) is 4. The highest BCUT2D eigenvalue weighted by Gasteiger charge is 2.24. The number of likely N-dealkylation sites (N-methyl/N-ethyl adjacent to an activating group) is 1. The van der Waals surface area contributed by atoms with E-state index in [0.717, 1.165) is 55.8 Å². The first kappa shape index (κ1) is 35.4. The van der Waals surface area contributed by atoms with Gasteiger partial charge in [0.15, 0.2) is 11.6 Å². The molecule has 0 saturated carbocycles. The third-order valence-electron chi connectivity index (χ3n) is 8.41. The van der Waals surface area contributed by atoms with Crippen molar-refractivity contribution in [1.29, 1.82) is 0 Å². The highest BCUT2D eigenvalue weighted by Crippen LogP contribution is 2.30. The summed E-state index contributed by atoms with van der Waals surface area (Å²) in [6, 6.07) is 15.5. The summed E-state index contributed by atoms with van der Waals surface area (Å²) < 4.78 is 37.8. The summed E-state index contributed by atoms with van der Waals surface area (Å²) >= 11 is 0. The van der Waals surface area contributed by atoms with Crippen molar-refractivity contribution >= 4 is 23.5 Å². The maximum absolute atomic E-state index is 15.1. The largest absolute Gasteiger partial charge is 0.497 e. The van der Waals surface area contributed by atoms with Crippen molar-refractivity contribution in [1.82, 2.24) is 19.8 Å².